The molecule has 1 fully saturated rings. The number of nitrogens with one attached hydrogen (secondary N) is 2. The van der Waals surface area contributed by atoms with Gasteiger partial charge in [-0.15, -0.1) is 5.10 Å². The first-order valence-electron chi connectivity index (χ1n) is 8.33. The summed E-state index contributed by atoms with van der Waals surface area (Å²) in [6.07, 6.45) is 5.48. The highest BCUT2D eigenvalue weighted by molar-refractivity contribution is 5.67. The van der Waals surface area contributed by atoms with Gasteiger partial charge in [-0.25, -0.2) is 23.3 Å². The maximum absolute atomic E-state index is 14.1. The molecule has 1 unspecified atom stereocenters. The first kappa shape index (κ1) is 15.9. The summed E-state index contributed by atoms with van der Waals surface area (Å²) < 4.78 is 29.7. The molecule has 4 rings (SSSR count). The van der Waals surface area contributed by atoms with Crippen molar-refractivity contribution < 1.29 is 8.78 Å². The van der Waals surface area contributed by atoms with Gasteiger partial charge in [-0.05, 0) is 44.0 Å². The smallest absolute Gasteiger partial charge is 0.196 e. The molecular formula is C17H18F2N6. The van der Waals surface area contributed by atoms with E-state index in [0.29, 0.717) is 23.9 Å². The number of fused-ring (bicyclic) bond motifs is 1. The molecule has 8 heteroatoms. The lowest BCUT2D eigenvalue weighted by Crippen LogP contribution is -2.33. The Morgan fingerprint density at radius 2 is 2.12 bits per heavy atom. The molecule has 1 aliphatic heterocycles. The van der Waals surface area contributed by atoms with Crippen LogP contribution in [-0.2, 0) is 0 Å². The van der Waals surface area contributed by atoms with Gasteiger partial charge in [0.1, 0.15) is 11.6 Å². The summed E-state index contributed by atoms with van der Waals surface area (Å²) in [6, 6.07) is 3.71. The van der Waals surface area contributed by atoms with Gasteiger partial charge in [0, 0.05) is 18.9 Å². The SMILES string of the molecule is Fc1cccc(F)c1-c1nc(NCC2CCCNC2)c2nccn2n1. The lowest BCUT2D eigenvalue weighted by atomic mass is 10.00. The van der Waals surface area contributed by atoms with Crippen molar-refractivity contribution in [1.29, 1.82) is 0 Å². The number of hydrogen-bond acceptors (Lipinski definition) is 5. The Morgan fingerprint density at radius 1 is 1.28 bits per heavy atom. The summed E-state index contributed by atoms with van der Waals surface area (Å²) in [5.74, 6) is -0.440. The fraction of sp³-hybridized carbons (Fsp3) is 0.353. The van der Waals surface area contributed by atoms with E-state index in [0.717, 1.165) is 25.9 Å². The van der Waals surface area contributed by atoms with E-state index < -0.39 is 11.6 Å². The second kappa shape index (κ2) is 6.72. The Hall–Kier alpha value is -2.61. The molecule has 1 atom stereocenters. The van der Waals surface area contributed by atoms with E-state index in [1.807, 2.05) is 0 Å². The fourth-order valence-electron chi connectivity index (χ4n) is 3.10. The molecule has 2 N–H and O–H groups in total. The van der Waals surface area contributed by atoms with Gasteiger partial charge in [0.2, 0.25) is 0 Å². The van der Waals surface area contributed by atoms with Crippen molar-refractivity contribution in [2.24, 2.45) is 5.92 Å². The molecule has 6 nitrogen and oxygen atoms in total. The van der Waals surface area contributed by atoms with Gasteiger partial charge in [-0.1, -0.05) is 6.07 Å². The van der Waals surface area contributed by atoms with Crippen LogP contribution >= 0.6 is 0 Å². The summed E-state index contributed by atoms with van der Waals surface area (Å²) in [4.78, 5) is 8.58. The zero-order chi connectivity index (χ0) is 17.2. The molecule has 0 aliphatic carbocycles. The number of hydrogen-bond donors (Lipinski definition) is 2. The Labute approximate surface area is 143 Å². The van der Waals surface area contributed by atoms with E-state index in [1.165, 1.54) is 22.7 Å². The first-order chi connectivity index (χ1) is 12.2. The quantitative estimate of drug-likeness (QED) is 0.761. The second-order valence-electron chi connectivity index (χ2n) is 6.17. The number of anilines is 1. The first-order valence-corrected chi connectivity index (χ1v) is 8.33. The zero-order valence-corrected chi connectivity index (χ0v) is 13.5. The number of imidazole rings is 1. The highest BCUT2D eigenvalue weighted by atomic mass is 19.1. The Balaban J connectivity index is 1.70. The van der Waals surface area contributed by atoms with E-state index in [1.54, 1.807) is 12.4 Å². The van der Waals surface area contributed by atoms with Gasteiger partial charge in [0.25, 0.3) is 0 Å². The van der Waals surface area contributed by atoms with E-state index >= 15 is 0 Å². The maximum atomic E-state index is 14.1. The van der Waals surface area contributed by atoms with Gasteiger partial charge in [-0.2, -0.15) is 0 Å². The standard InChI is InChI=1S/C17H18F2N6/c18-12-4-1-5-13(19)14(12)15-23-16(17-21-7-8-25(17)24-15)22-10-11-3-2-6-20-9-11/h1,4-5,7-8,11,20H,2-3,6,9-10H2,(H,22,23,24). The molecule has 1 saturated heterocycles. The van der Waals surface area contributed by atoms with Crippen LogP contribution < -0.4 is 10.6 Å². The highest BCUT2D eigenvalue weighted by Gasteiger charge is 2.19. The van der Waals surface area contributed by atoms with Crippen LogP contribution in [0.25, 0.3) is 17.0 Å². The third-order valence-corrected chi connectivity index (χ3v) is 4.40. The van der Waals surface area contributed by atoms with E-state index in [4.69, 9.17) is 0 Å². The van der Waals surface area contributed by atoms with Crippen LogP contribution in [0, 0.1) is 17.6 Å². The Bertz CT molecular complexity index is 868. The molecule has 130 valence electrons. The summed E-state index contributed by atoms with van der Waals surface area (Å²) in [6.45, 7) is 2.70. The molecule has 0 bridgehead atoms. The van der Waals surface area contributed by atoms with Gasteiger partial charge in [-0.3, -0.25) is 0 Å². The van der Waals surface area contributed by atoms with Gasteiger partial charge >= 0.3 is 0 Å². The topological polar surface area (TPSA) is 67.1 Å². The van der Waals surface area contributed by atoms with Crippen molar-refractivity contribution in [2.75, 3.05) is 25.0 Å². The maximum Gasteiger partial charge on any atom is 0.196 e. The molecular weight excluding hydrogens is 326 g/mol. The summed E-state index contributed by atoms with van der Waals surface area (Å²) in [5.41, 5.74) is 0.296. The van der Waals surface area contributed by atoms with Crippen LogP contribution in [-0.4, -0.2) is 39.2 Å². The predicted octanol–water partition coefficient (Wildman–Crippen LogP) is 2.48. The number of piperidine rings is 1. The lowest BCUT2D eigenvalue weighted by molar-refractivity contribution is 0.392. The minimum atomic E-state index is -0.693. The highest BCUT2D eigenvalue weighted by Crippen LogP contribution is 2.25. The largest absolute Gasteiger partial charge is 0.367 e. The van der Waals surface area contributed by atoms with Crippen LogP contribution in [0.1, 0.15) is 12.8 Å². The number of halogens is 2. The molecule has 0 saturated carbocycles. The fourth-order valence-corrected chi connectivity index (χ4v) is 3.10. The lowest BCUT2D eigenvalue weighted by Gasteiger charge is -2.23. The number of nitrogens with zero attached hydrogens (tertiary/aromatic N) is 4. The van der Waals surface area contributed by atoms with E-state index in [9.17, 15) is 8.78 Å². The summed E-state index contributed by atoms with van der Waals surface area (Å²) in [5, 5.41) is 10.8. The van der Waals surface area contributed by atoms with Crippen LogP contribution in [0.15, 0.2) is 30.6 Å². The van der Waals surface area contributed by atoms with Crippen molar-refractivity contribution in [1.82, 2.24) is 24.9 Å². The minimum absolute atomic E-state index is 0.00892. The number of rotatable bonds is 4. The van der Waals surface area contributed by atoms with Crippen molar-refractivity contribution in [3.05, 3.63) is 42.2 Å². The van der Waals surface area contributed by atoms with Crippen LogP contribution in [0.3, 0.4) is 0 Å². The number of benzene rings is 1. The molecule has 3 heterocycles. The van der Waals surface area contributed by atoms with Crippen molar-refractivity contribution >= 4 is 11.5 Å². The zero-order valence-electron chi connectivity index (χ0n) is 13.5. The van der Waals surface area contributed by atoms with Crippen molar-refractivity contribution in [3.8, 4) is 11.4 Å². The molecule has 0 radical (unpaired) electrons. The Kier molecular flexibility index (Phi) is 4.27. The van der Waals surface area contributed by atoms with Gasteiger partial charge in [0.05, 0.1) is 5.56 Å². The molecule has 0 spiro atoms. The monoisotopic (exact) mass is 344 g/mol. The van der Waals surface area contributed by atoms with Gasteiger partial charge in [0.15, 0.2) is 17.3 Å². The summed E-state index contributed by atoms with van der Waals surface area (Å²) >= 11 is 0. The number of aromatic nitrogens is 4. The molecule has 25 heavy (non-hydrogen) atoms. The molecule has 1 aliphatic rings. The molecule has 3 aromatic rings. The average molecular weight is 344 g/mol. The normalized spacial score (nSPS) is 17.8. The molecule has 0 amide bonds. The second-order valence-corrected chi connectivity index (χ2v) is 6.17. The molecule has 1 aromatic carbocycles. The predicted molar refractivity (Wildman–Crippen MR) is 90.2 cm³/mol. The Morgan fingerprint density at radius 3 is 2.88 bits per heavy atom. The van der Waals surface area contributed by atoms with Crippen LogP contribution in [0.2, 0.25) is 0 Å². The third kappa shape index (κ3) is 3.17. The van der Waals surface area contributed by atoms with Crippen molar-refractivity contribution in [2.45, 2.75) is 12.8 Å². The van der Waals surface area contributed by atoms with Crippen molar-refractivity contribution in [3.63, 3.8) is 0 Å². The third-order valence-electron chi connectivity index (χ3n) is 4.40. The van der Waals surface area contributed by atoms with E-state index in [-0.39, 0.29) is 11.4 Å². The van der Waals surface area contributed by atoms with E-state index in [2.05, 4.69) is 25.7 Å². The minimum Gasteiger partial charge on any atom is -0.367 e. The molecule has 2 aromatic heterocycles. The van der Waals surface area contributed by atoms with Gasteiger partial charge < -0.3 is 10.6 Å². The average Bonchev–Trinajstić information content (AvgIpc) is 3.09. The van der Waals surface area contributed by atoms with Crippen LogP contribution in [0.5, 0.6) is 0 Å². The van der Waals surface area contributed by atoms with Crippen LogP contribution in [0.4, 0.5) is 14.6 Å². The summed E-state index contributed by atoms with van der Waals surface area (Å²) in [7, 11) is 0.